The van der Waals surface area contributed by atoms with E-state index in [1.807, 2.05) is 24.4 Å². The third-order valence-electron chi connectivity index (χ3n) is 4.54. The predicted molar refractivity (Wildman–Crippen MR) is 95.7 cm³/mol. The Bertz CT molecular complexity index is 667. The first-order chi connectivity index (χ1) is 12.3. The van der Waals surface area contributed by atoms with Gasteiger partial charge in [0.2, 0.25) is 5.91 Å². The maximum Gasteiger partial charge on any atom is 0.249 e. The summed E-state index contributed by atoms with van der Waals surface area (Å²) in [6, 6.07) is 12.0. The number of benzene rings is 1. The first-order valence-electron chi connectivity index (χ1n) is 8.68. The van der Waals surface area contributed by atoms with Gasteiger partial charge < -0.3 is 14.8 Å². The molecule has 0 saturated carbocycles. The molecule has 5 nitrogen and oxygen atoms in total. The summed E-state index contributed by atoms with van der Waals surface area (Å²) in [5, 5.41) is 3.06. The molecule has 3 rings (SSSR count). The van der Waals surface area contributed by atoms with E-state index in [1.54, 1.807) is 13.3 Å². The zero-order valence-corrected chi connectivity index (χ0v) is 14.5. The van der Waals surface area contributed by atoms with E-state index < -0.39 is 0 Å². The average molecular weight is 340 g/mol. The second-order valence-corrected chi connectivity index (χ2v) is 6.28. The molecule has 1 amide bonds. The second kappa shape index (κ2) is 8.62. The molecule has 0 radical (unpaired) electrons. The van der Waals surface area contributed by atoms with Crippen LogP contribution in [0.15, 0.2) is 48.8 Å². The van der Waals surface area contributed by atoms with Crippen LogP contribution in [0.25, 0.3) is 0 Å². The summed E-state index contributed by atoms with van der Waals surface area (Å²) in [5.74, 6) is 0.981. The lowest BCUT2D eigenvalue weighted by atomic mass is 9.92. The van der Waals surface area contributed by atoms with Crippen LogP contribution in [0.2, 0.25) is 0 Å². The van der Waals surface area contributed by atoms with Crippen LogP contribution in [-0.2, 0) is 16.0 Å². The normalized spacial score (nSPS) is 17.9. The molecule has 132 valence electrons. The number of hydrogen-bond acceptors (Lipinski definition) is 4. The van der Waals surface area contributed by atoms with Crippen LogP contribution < -0.4 is 10.1 Å². The summed E-state index contributed by atoms with van der Waals surface area (Å²) in [6.45, 7) is 1.25. The first-order valence-corrected chi connectivity index (χ1v) is 8.68. The summed E-state index contributed by atoms with van der Waals surface area (Å²) >= 11 is 0. The summed E-state index contributed by atoms with van der Waals surface area (Å²) in [5.41, 5.74) is 2.31. The van der Waals surface area contributed by atoms with Crippen molar-refractivity contribution in [1.82, 2.24) is 10.3 Å². The minimum Gasteiger partial charge on any atom is -0.497 e. The van der Waals surface area contributed by atoms with Crippen molar-refractivity contribution in [3.05, 3.63) is 59.9 Å². The molecule has 2 atom stereocenters. The SMILES string of the molecule is COc1ccc(C(CNC(=O)C2CCCO2)Cc2cccnc2)cc1. The highest BCUT2D eigenvalue weighted by molar-refractivity contribution is 5.81. The molecule has 2 aromatic rings. The van der Waals surface area contributed by atoms with Crippen molar-refractivity contribution in [2.45, 2.75) is 31.3 Å². The van der Waals surface area contributed by atoms with E-state index in [0.29, 0.717) is 13.2 Å². The van der Waals surface area contributed by atoms with E-state index >= 15 is 0 Å². The number of carbonyl (C=O) groups is 1. The number of aromatic nitrogens is 1. The molecule has 1 N–H and O–H groups in total. The highest BCUT2D eigenvalue weighted by Crippen LogP contribution is 2.23. The van der Waals surface area contributed by atoms with Crippen LogP contribution >= 0.6 is 0 Å². The molecule has 2 unspecified atom stereocenters. The number of nitrogens with one attached hydrogen (secondary N) is 1. The van der Waals surface area contributed by atoms with Crippen LogP contribution in [0.3, 0.4) is 0 Å². The maximum atomic E-state index is 12.3. The standard InChI is InChI=1S/C20H24N2O3/c1-24-18-8-6-16(7-9-18)17(12-15-4-2-10-21-13-15)14-22-20(23)19-5-3-11-25-19/h2,4,6-10,13,17,19H,3,5,11-12,14H2,1H3,(H,22,23). The second-order valence-electron chi connectivity index (χ2n) is 6.28. The molecule has 1 aliphatic heterocycles. The Balaban J connectivity index is 1.69. The van der Waals surface area contributed by atoms with Crippen molar-refractivity contribution in [2.24, 2.45) is 0 Å². The molecule has 5 heteroatoms. The Morgan fingerprint density at radius 3 is 2.84 bits per heavy atom. The quantitative estimate of drug-likeness (QED) is 0.842. The van der Waals surface area contributed by atoms with E-state index in [1.165, 1.54) is 0 Å². The third-order valence-corrected chi connectivity index (χ3v) is 4.54. The molecule has 1 aromatic carbocycles. The molecule has 1 aromatic heterocycles. The Morgan fingerprint density at radius 2 is 2.20 bits per heavy atom. The maximum absolute atomic E-state index is 12.3. The van der Waals surface area contributed by atoms with Crippen molar-refractivity contribution >= 4 is 5.91 Å². The lowest BCUT2D eigenvalue weighted by molar-refractivity contribution is -0.130. The van der Waals surface area contributed by atoms with Gasteiger partial charge in [-0.2, -0.15) is 0 Å². The van der Waals surface area contributed by atoms with Crippen molar-refractivity contribution in [3.8, 4) is 5.75 Å². The number of pyridine rings is 1. The fraction of sp³-hybridized carbons (Fsp3) is 0.400. The lowest BCUT2D eigenvalue weighted by Gasteiger charge is -2.20. The van der Waals surface area contributed by atoms with E-state index in [4.69, 9.17) is 9.47 Å². The Hall–Kier alpha value is -2.40. The Labute approximate surface area is 148 Å². The van der Waals surface area contributed by atoms with E-state index in [9.17, 15) is 4.79 Å². The van der Waals surface area contributed by atoms with Crippen molar-refractivity contribution in [2.75, 3.05) is 20.3 Å². The van der Waals surface area contributed by atoms with Crippen LogP contribution in [0.1, 0.15) is 29.9 Å². The van der Waals surface area contributed by atoms with Gasteiger partial charge in [-0.1, -0.05) is 18.2 Å². The van der Waals surface area contributed by atoms with E-state index in [0.717, 1.165) is 36.1 Å². The number of hydrogen-bond donors (Lipinski definition) is 1. The highest BCUT2D eigenvalue weighted by atomic mass is 16.5. The number of ether oxygens (including phenoxy) is 2. The number of rotatable bonds is 7. The summed E-state index contributed by atoms with van der Waals surface area (Å²) in [6.07, 6.45) is 5.92. The Morgan fingerprint density at radius 1 is 1.36 bits per heavy atom. The van der Waals surface area contributed by atoms with Gasteiger partial charge in [-0.05, 0) is 48.6 Å². The van der Waals surface area contributed by atoms with Gasteiger partial charge in [0.05, 0.1) is 7.11 Å². The molecule has 0 spiro atoms. The molecule has 25 heavy (non-hydrogen) atoms. The number of methoxy groups -OCH3 is 1. The van der Waals surface area contributed by atoms with Gasteiger partial charge in [0, 0.05) is 31.5 Å². The molecule has 0 bridgehead atoms. The Kier molecular flexibility index (Phi) is 6.01. The van der Waals surface area contributed by atoms with E-state index in [-0.39, 0.29) is 17.9 Å². The van der Waals surface area contributed by atoms with Crippen LogP contribution in [0, 0.1) is 0 Å². The molecule has 2 heterocycles. The lowest BCUT2D eigenvalue weighted by Crippen LogP contribution is -2.37. The van der Waals surface area contributed by atoms with Gasteiger partial charge in [0.1, 0.15) is 11.9 Å². The van der Waals surface area contributed by atoms with Crippen LogP contribution in [0.4, 0.5) is 0 Å². The van der Waals surface area contributed by atoms with Crippen molar-refractivity contribution in [3.63, 3.8) is 0 Å². The molecular formula is C20H24N2O3. The van der Waals surface area contributed by atoms with Gasteiger partial charge in [-0.15, -0.1) is 0 Å². The molecule has 0 aliphatic carbocycles. The molecule has 1 aliphatic rings. The predicted octanol–water partition coefficient (Wildman–Crippen LogP) is 2.71. The fourth-order valence-corrected chi connectivity index (χ4v) is 3.11. The van der Waals surface area contributed by atoms with Gasteiger partial charge in [-0.3, -0.25) is 9.78 Å². The smallest absolute Gasteiger partial charge is 0.249 e. The van der Waals surface area contributed by atoms with Gasteiger partial charge in [0.15, 0.2) is 0 Å². The monoisotopic (exact) mass is 340 g/mol. The zero-order valence-electron chi connectivity index (χ0n) is 14.5. The summed E-state index contributed by atoms with van der Waals surface area (Å²) in [7, 11) is 1.66. The number of carbonyl (C=O) groups excluding carboxylic acids is 1. The van der Waals surface area contributed by atoms with E-state index in [2.05, 4.69) is 28.5 Å². The topological polar surface area (TPSA) is 60.5 Å². The molecule has 1 saturated heterocycles. The zero-order chi connectivity index (χ0) is 17.5. The highest BCUT2D eigenvalue weighted by Gasteiger charge is 2.24. The van der Waals surface area contributed by atoms with Gasteiger partial charge >= 0.3 is 0 Å². The summed E-state index contributed by atoms with van der Waals surface area (Å²) in [4.78, 5) is 16.5. The van der Waals surface area contributed by atoms with Crippen molar-refractivity contribution in [1.29, 1.82) is 0 Å². The number of nitrogens with zero attached hydrogens (tertiary/aromatic N) is 1. The van der Waals surface area contributed by atoms with Gasteiger partial charge in [-0.25, -0.2) is 0 Å². The van der Waals surface area contributed by atoms with Crippen LogP contribution in [0.5, 0.6) is 5.75 Å². The third kappa shape index (κ3) is 4.79. The molecular weight excluding hydrogens is 316 g/mol. The number of amides is 1. The minimum absolute atomic E-state index is 0.0119. The molecule has 1 fully saturated rings. The van der Waals surface area contributed by atoms with Crippen LogP contribution in [-0.4, -0.2) is 37.3 Å². The van der Waals surface area contributed by atoms with Crippen molar-refractivity contribution < 1.29 is 14.3 Å². The van der Waals surface area contributed by atoms with Gasteiger partial charge in [0.25, 0.3) is 0 Å². The average Bonchev–Trinajstić information content (AvgIpc) is 3.21. The summed E-state index contributed by atoms with van der Waals surface area (Å²) < 4.78 is 10.7. The fourth-order valence-electron chi connectivity index (χ4n) is 3.11. The minimum atomic E-state index is -0.296. The first kappa shape index (κ1) is 17.4. The largest absolute Gasteiger partial charge is 0.497 e.